The van der Waals surface area contributed by atoms with E-state index < -0.39 is 29.6 Å². The molecule has 0 spiro atoms. The first-order valence-corrected chi connectivity index (χ1v) is 8.24. The molecule has 8 nitrogen and oxygen atoms in total. The van der Waals surface area contributed by atoms with Crippen LogP contribution in [0.15, 0.2) is 29.3 Å². The average Bonchev–Trinajstić information content (AvgIpc) is 3.08. The Morgan fingerprint density at radius 1 is 1.00 bits per heavy atom. The second kappa shape index (κ2) is 7.07. The molecule has 3 rings (SSSR count). The fourth-order valence-corrected chi connectivity index (χ4v) is 3.15. The zero-order valence-corrected chi connectivity index (χ0v) is 14.5. The molecule has 1 heterocycles. The SMILES string of the molecule is CC1=C(C)C[C@@H](C(=O)O)[C@@H](C(=O)NNC(=O)c2ccc3c(c2)OCO3)C1. The molecule has 0 saturated heterocycles. The molecule has 0 fully saturated rings. The molecule has 1 aromatic carbocycles. The van der Waals surface area contributed by atoms with Crippen LogP contribution in [0.5, 0.6) is 11.5 Å². The summed E-state index contributed by atoms with van der Waals surface area (Å²) in [5, 5.41) is 9.39. The highest BCUT2D eigenvalue weighted by Crippen LogP contribution is 2.34. The van der Waals surface area contributed by atoms with Gasteiger partial charge in [-0.05, 0) is 44.9 Å². The van der Waals surface area contributed by atoms with Crippen LogP contribution in [0.25, 0.3) is 0 Å². The number of rotatable bonds is 3. The highest BCUT2D eigenvalue weighted by atomic mass is 16.7. The van der Waals surface area contributed by atoms with E-state index in [4.69, 9.17) is 9.47 Å². The van der Waals surface area contributed by atoms with Crippen molar-refractivity contribution in [1.82, 2.24) is 10.9 Å². The average molecular weight is 360 g/mol. The van der Waals surface area contributed by atoms with Crippen molar-refractivity contribution >= 4 is 17.8 Å². The van der Waals surface area contributed by atoms with Gasteiger partial charge in [-0.2, -0.15) is 0 Å². The summed E-state index contributed by atoms with van der Waals surface area (Å²) in [6.07, 6.45) is 0.684. The van der Waals surface area contributed by atoms with E-state index in [-0.39, 0.29) is 6.79 Å². The molecule has 1 aliphatic heterocycles. The van der Waals surface area contributed by atoms with Gasteiger partial charge in [0.2, 0.25) is 12.7 Å². The first-order valence-electron chi connectivity index (χ1n) is 8.24. The molecule has 26 heavy (non-hydrogen) atoms. The number of carbonyl (C=O) groups is 3. The van der Waals surface area contributed by atoms with Crippen LogP contribution in [0.4, 0.5) is 0 Å². The molecule has 8 heteroatoms. The molecule has 2 atom stereocenters. The van der Waals surface area contributed by atoms with Gasteiger partial charge in [-0.15, -0.1) is 0 Å². The number of hydrogen-bond donors (Lipinski definition) is 3. The third-order valence-corrected chi connectivity index (χ3v) is 4.85. The maximum atomic E-state index is 12.4. The number of carbonyl (C=O) groups excluding carboxylic acids is 2. The van der Waals surface area contributed by atoms with Gasteiger partial charge < -0.3 is 14.6 Å². The molecule has 0 bridgehead atoms. The van der Waals surface area contributed by atoms with Crippen LogP contribution in [0, 0.1) is 11.8 Å². The minimum absolute atomic E-state index is 0.0989. The Morgan fingerprint density at radius 3 is 2.35 bits per heavy atom. The predicted octanol–water partition coefficient (Wildman–Crippen LogP) is 1.62. The molecule has 1 aromatic rings. The zero-order chi connectivity index (χ0) is 18.8. The molecule has 0 saturated carbocycles. The monoisotopic (exact) mass is 360 g/mol. The number of carboxylic acid groups (broad SMARTS) is 1. The fourth-order valence-electron chi connectivity index (χ4n) is 3.15. The van der Waals surface area contributed by atoms with E-state index in [1.807, 2.05) is 13.8 Å². The molecule has 0 radical (unpaired) electrons. The van der Waals surface area contributed by atoms with Crippen LogP contribution in [-0.4, -0.2) is 29.7 Å². The van der Waals surface area contributed by atoms with Crippen molar-refractivity contribution in [3.05, 3.63) is 34.9 Å². The van der Waals surface area contributed by atoms with Crippen LogP contribution in [0.3, 0.4) is 0 Å². The summed E-state index contributed by atoms with van der Waals surface area (Å²) in [6, 6.07) is 4.67. The maximum absolute atomic E-state index is 12.4. The largest absolute Gasteiger partial charge is 0.481 e. The topological polar surface area (TPSA) is 114 Å². The number of ether oxygens (including phenoxy) is 2. The number of fused-ring (bicyclic) bond motifs is 1. The lowest BCUT2D eigenvalue weighted by Crippen LogP contribution is -2.48. The number of allylic oxidation sites excluding steroid dienone is 2. The number of hydrazine groups is 1. The minimum atomic E-state index is -1.01. The van der Waals surface area contributed by atoms with Crippen LogP contribution in [-0.2, 0) is 9.59 Å². The Morgan fingerprint density at radius 2 is 1.65 bits per heavy atom. The van der Waals surface area contributed by atoms with Crippen molar-refractivity contribution in [3.63, 3.8) is 0 Å². The van der Waals surface area contributed by atoms with Crippen LogP contribution < -0.4 is 20.3 Å². The molecule has 1 aliphatic carbocycles. The number of carboxylic acids is 1. The van der Waals surface area contributed by atoms with Crippen LogP contribution >= 0.6 is 0 Å². The van der Waals surface area contributed by atoms with E-state index in [1.54, 1.807) is 12.1 Å². The normalized spacial score (nSPS) is 21.3. The second-order valence-electron chi connectivity index (χ2n) is 6.53. The number of benzene rings is 1. The minimum Gasteiger partial charge on any atom is -0.481 e. The summed E-state index contributed by atoms with van der Waals surface area (Å²) in [5.41, 5.74) is 6.96. The molecule has 138 valence electrons. The van der Waals surface area contributed by atoms with E-state index in [0.717, 1.165) is 11.1 Å². The summed E-state index contributed by atoms with van der Waals surface area (Å²) in [6.45, 7) is 3.86. The van der Waals surface area contributed by atoms with Crippen molar-refractivity contribution in [2.24, 2.45) is 11.8 Å². The van der Waals surface area contributed by atoms with Crippen molar-refractivity contribution in [3.8, 4) is 11.5 Å². The van der Waals surface area contributed by atoms with Crippen LogP contribution in [0.2, 0.25) is 0 Å². The standard InChI is InChI=1S/C18H20N2O6/c1-9-5-12(13(18(23)24)6-10(9)2)17(22)20-19-16(21)11-3-4-14-15(7-11)26-8-25-14/h3-4,7,12-13H,5-6,8H2,1-2H3,(H,19,21)(H,20,22)(H,23,24)/t12-,13+/m0/s1. The Bertz CT molecular complexity index is 801. The Hall–Kier alpha value is -3.03. The van der Waals surface area contributed by atoms with E-state index in [2.05, 4.69) is 10.9 Å². The summed E-state index contributed by atoms with van der Waals surface area (Å²) in [4.78, 5) is 36.1. The van der Waals surface area contributed by atoms with Gasteiger partial charge in [0.25, 0.3) is 5.91 Å². The number of nitrogens with one attached hydrogen (secondary N) is 2. The first kappa shape index (κ1) is 17.8. The third-order valence-electron chi connectivity index (χ3n) is 4.85. The van der Waals surface area contributed by atoms with Crippen molar-refractivity contribution in [1.29, 1.82) is 0 Å². The van der Waals surface area contributed by atoms with Gasteiger partial charge in [0.15, 0.2) is 11.5 Å². The maximum Gasteiger partial charge on any atom is 0.307 e. The van der Waals surface area contributed by atoms with Gasteiger partial charge in [-0.3, -0.25) is 25.2 Å². The van der Waals surface area contributed by atoms with Gasteiger partial charge in [0.05, 0.1) is 11.8 Å². The molecule has 3 N–H and O–H groups in total. The van der Waals surface area contributed by atoms with Gasteiger partial charge in [-0.1, -0.05) is 11.1 Å². The molecule has 0 unspecified atom stereocenters. The van der Waals surface area contributed by atoms with Gasteiger partial charge >= 0.3 is 5.97 Å². The highest BCUT2D eigenvalue weighted by Gasteiger charge is 2.37. The predicted molar refractivity (Wildman–Crippen MR) is 90.4 cm³/mol. The van der Waals surface area contributed by atoms with Crippen molar-refractivity contribution in [2.75, 3.05) is 6.79 Å². The molecule has 2 aliphatic rings. The van der Waals surface area contributed by atoms with E-state index in [1.165, 1.54) is 6.07 Å². The Labute approximate surface area is 150 Å². The molecular formula is C18H20N2O6. The number of aliphatic carboxylic acids is 1. The Kier molecular flexibility index (Phi) is 4.83. The van der Waals surface area contributed by atoms with Gasteiger partial charge in [0.1, 0.15) is 0 Å². The van der Waals surface area contributed by atoms with Crippen molar-refractivity contribution in [2.45, 2.75) is 26.7 Å². The van der Waals surface area contributed by atoms with Gasteiger partial charge in [-0.25, -0.2) is 0 Å². The lowest BCUT2D eigenvalue weighted by Gasteiger charge is -2.29. The van der Waals surface area contributed by atoms with Gasteiger partial charge in [0, 0.05) is 5.56 Å². The summed E-state index contributed by atoms with van der Waals surface area (Å²) < 4.78 is 10.4. The van der Waals surface area contributed by atoms with Crippen molar-refractivity contribution < 1.29 is 29.0 Å². The molecular weight excluding hydrogens is 340 g/mol. The summed E-state index contributed by atoms with van der Waals surface area (Å²) in [5.74, 6) is -2.58. The van der Waals surface area contributed by atoms with E-state index >= 15 is 0 Å². The highest BCUT2D eigenvalue weighted by molar-refractivity contribution is 5.96. The number of amides is 2. The molecule has 2 amide bonds. The number of hydrogen-bond acceptors (Lipinski definition) is 5. The summed E-state index contributed by atoms with van der Waals surface area (Å²) in [7, 11) is 0. The van der Waals surface area contributed by atoms with Crippen LogP contribution in [0.1, 0.15) is 37.0 Å². The zero-order valence-electron chi connectivity index (χ0n) is 14.5. The lowest BCUT2D eigenvalue weighted by atomic mass is 9.76. The summed E-state index contributed by atoms with van der Waals surface area (Å²) >= 11 is 0. The third kappa shape index (κ3) is 3.49. The first-order chi connectivity index (χ1) is 12.4. The smallest absolute Gasteiger partial charge is 0.307 e. The lowest BCUT2D eigenvalue weighted by molar-refractivity contribution is -0.147. The quantitative estimate of drug-likeness (QED) is 0.558. The van der Waals surface area contributed by atoms with E-state index in [0.29, 0.717) is 29.9 Å². The fraction of sp³-hybridized carbons (Fsp3) is 0.389. The van der Waals surface area contributed by atoms with E-state index in [9.17, 15) is 19.5 Å². The Balaban J connectivity index is 1.64. The second-order valence-corrected chi connectivity index (χ2v) is 6.53. The molecule has 0 aromatic heterocycles.